The number of nitrogens with one attached hydrogen (secondary N) is 3. The topological polar surface area (TPSA) is 221 Å². The molecule has 0 aliphatic carbocycles. The lowest BCUT2D eigenvalue weighted by Gasteiger charge is -2.27. The summed E-state index contributed by atoms with van der Waals surface area (Å²) in [5.41, 5.74) is 5.89. The van der Waals surface area contributed by atoms with E-state index in [-0.39, 0.29) is 54.4 Å². The van der Waals surface area contributed by atoms with E-state index < -0.39 is 29.7 Å². The highest BCUT2D eigenvalue weighted by atomic mass is 16.6. The molecule has 1 saturated heterocycles. The molecule has 0 saturated carbocycles. The third kappa shape index (κ3) is 14.4. The molecule has 5 N–H and O–H groups in total. The number of piperidine rings is 1. The summed E-state index contributed by atoms with van der Waals surface area (Å²) in [4.78, 5) is 63.3. The SMILES string of the molecule is CCC(=C(c1ccc(O)cc1)c1ccc(OCCNC(=O)CCOCCOCCOCCOCCOCCNc2cccc3c2C(=O)N(C2CCC(=O)NC2=O)C3=O)cc1)c1ccc(O)cc1. The molecule has 5 amide bonds. The van der Waals surface area contributed by atoms with Crippen molar-refractivity contribution in [3.8, 4) is 17.2 Å². The van der Waals surface area contributed by atoms with E-state index in [2.05, 4.69) is 22.9 Å². The zero-order valence-corrected chi connectivity index (χ0v) is 37.6. The maximum Gasteiger partial charge on any atom is 0.264 e. The van der Waals surface area contributed by atoms with Gasteiger partial charge >= 0.3 is 0 Å². The molecule has 1 unspecified atom stereocenters. The van der Waals surface area contributed by atoms with Gasteiger partial charge in [0.1, 0.15) is 29.9 Å². The highest BCUT2D eigenvalue weighted by molar-refractivity contribution is 6.25. The number of benzene rings is 4. The van der Waals surface area contributed by atoms with Crippen LogP contribution in [0.5, 0.6) is 17.2 Å². The van der Waals surface area contributed by atoms with Crippen LogP contribution < -0.4 is 20.7 Å². The molecule has 0 spiro atoms. The highest BCUT2D eigenvalue weighted by Gasteiger charge is 2.45. The number of hydrogen-bond donors (Lipinski definition) is 5. The number of carbonyl (C=O) groups excluding carboxylic acids is 5. The molecule has 4 aromatic carbocycles. The van der Waals surface area contributed by atoms with Crippen LogP contribution in [0.2, 0.25) is 0 Å². The van der Waals surface area contributed by atoms with E-state index in [9.17, 15) is 34.2 Å². The number of hydrogen-bond acceptors (Lipinski definition) is 14. The van der Waals surface area contributed by atoms with Crippen molar-refractivity contribution in [1.29, 1.82) is 0 Å². The minimum Gasteiger partial charge on any atom is -0.508 e. The van der Waals surface area contributed by atoms with Gasteiger partial charge in [0.25, 0.3) is 11.8 Å². The third-order valence-electron chi connectivity index (χ3n) is 10.9. The van der Waals surface area contributed by atoms with E-state index in [4.69, 9.17) is 28.4 Å². The number of fused-ring (bicyclic) bond motifs is 1. The van der Waals surface area contributed by atoms with Crippen LogP contribution in [0.15, 0.2) is 91.0 Å². The van der Waals surface area contributed by atoms with Gasteiger partial charge < -0.3 is 49.3 Å². The second kappa shape index (κ2) is 25.9. The maximum atomic E-state index is 13.2. The van der Waals surface area contributed by atoms with Crippen LogP contribution in [0.3, 0.4) is 0 Å². The minimum atomic E-state index is -1.02. The Hall–Kier alpha value is -6.63. The summed E-state index contributed by atoms with van der Waals surface area (Å²) < 4.78 is 33.6. The van der Waals surface area contributed by atoms with Crippen LogP contribution in [0, 0.1) is 0 Å². The number of amides is 5. The molecule has 0 aromatic heterocycles. The van der Waals surface area contributed by atoms with E-state index in [1.165, 1.54) is 0 Å². The van der Waals surface area contributed by atoms with Gasteiger partial charge in [-0.2, -0.15) is 0 Å². The van der Waals surface area contributed by atoms with Gasteiger partial charge in [0.15, 0.2) is 0 Å². The van der Waals surface area contributed by atoms with Crippen LogP contribution in [-0.4, -0.2) is 136 Å². The largest absolute Gasteiger partial charge is 0.508 e. The summed E-state index contributed by atoms with van der Waals surface area (Å²) in [6.45, 7) is 6.63. The smallest absolute Gasteiger partial charge is 0.264 e. The summed E-state index contributed by atoms with van der Waals surface area (Å²) in [7, 11) is 0. The predicted molar refractivity (Wildman–Crippen MR) is 248 cm³/mol. The Morgan fingerprint density at radius 1 is 0.657 bits per heavy atom. The van der Waals surface area contributed by atoms with Gasteiger partial charge in [0.2, 0.25) is 17.7 Å². The number of allylic oxidation sites excluding steroid dienone is 1. The fourth-order valence-electron chi connectivity index (χ4n) is 7.56. The number of carbonyl (C=O) groups is 5. The Kier molecular flexibility index (Phi) is 19.3. The average molecular weight is 923 g/mol. The monoisotopic (exact) mass is 922 g/mol. The van der Waals surface area contributed by atoms with Crippen molar-refractivity contribution in [2.24, 2.45) is 0 Å². The van der Waals surface area contributed by atoms with Crippen LogP contribution in [0.4, 0.5) is 5.69 Å². The van der Waals surface area contributed by atoms with Crippen molar-refractivity contribution in [1.82, 2.24) is 15.5 Å². The molecule has 4 aromatic rings. The van der Waals surface area contributed by atoms with Gasteiger partial charge in [0.05, 0.1) is 83.7 Å². The lowest BCUT2D eigenvalue weighted by atomic mass is 9.88. The van der Waals surface area contributed by atoms with Gasteiger partial charge in [-0.15, -0.1) is 0 Å². The number of phenols is 2. The van der Waals surface area contributed by atoms with Crippen LogP contribution in [-0.2, 0) is 38.1 Å². The van der Waals surface area contributed by atoms with Crippen LogP contribution >= 0.6 is 0 Å². The second-order valence-electron chi connectivity index (χ2n) is 15.4. The lowest BCUT2D eigenvalue weighted by Crippen LogP contribution is -2.54. The van der Waals surface area contributed by atoms with Crippen LogP contribution in [0.25, 0.3) is 11.1 Å². The number of anilines is 1. The summed E-state index contributed by atoms with van der Waals surface area (Å²) in [6, 6.07) is 25.9. The Balaban J connectivity index is 0.740. The summed E-state index contributed by atoms with van der Waals surface area (Å²) in [5.74, 6) is -1.30. The number of aromatic hydroxyl groups is 2. The predicted octanol–water partition coefficient (Wildman–Crippen LogP) is 4.95. The van der Waals surface area contributed by atoms with Gasteiger partial charge in [-0.1, -0.05) is 49.4 Å². The van der Waals surface area contributed by atoms with Gasteiger partial charge in [-0.3, -0.25) is 34.2 Å². The van der Waals surface area contributed by atoms with Crippen molar-refractivity contribution >= 4 is 46.4 Å². The average Bonchev–Trinajstić information content (AvgIpc) is 3.58. The molecule has 1 atom stereocenters. The third-order valence-corrected chi connectivity index (χ3v) is 10.9. The molecule has 17 heteroatoms. The van der Waals surface area contributed by atoms with Crippen molar-refractivity contribution in [3.05, 3.63) is 119 Å². The molecule has 67 heavy (non-hydrogen) atoms. The first-order valence-electron chi connectivity index (χ1n) is 22.4. The van der Waals surface area contributed by atoms with Gasteiger partial charge in [-0.05, 0) is 89.2 Å². The van der Waals surface area contributed by atoms with Crippen molar-refractivity contribution in [2.75, 3.05) is 91.1 Å². The standard InChI is InChI=1S/C50H58N4O13/c1-2-40(34-6-12-37(55)13-7-34)46(35-8-14-38(56)15-9-35)36-10-16-39(17-11-36)67-25-22-52-44(57)20-23-62-26-28-64-30-32-66-33-31-65-29-27-63-24-21-51-42-5-3-4-41-47(42)50(61)54(49(41)60)43-18-19-45(58)53-48(43)59/h3-17,43,51,55-56H,2,18-33H2,1H3,(H,52,57)(H,53,58,59). The molecule has 6 rings (SSSR count). The molecule has 2 aliphatic heterocycles. The second-order valence-corrected chi connectivity index (χ2v) is 15.4. The first-order valence-corrected chi connectivity index (χ1v) is 22.4. The minimum absolute atomic E-state index is 0.0546. The zero-order chi connectivity index (χ0) is 47.4. The Morgan fingerprint density at radius 3 is 1.79 bits per heavy atom. The van der Waals surface area contributed by atoms with E-state index in [1.54, 1.807) is 42.5 Å². The summed E-state index contributed by atoms with van der Waals surface area (Å²) in [6.07, 6.45) is 1.10. The summed E-state index contributed by atoms with van der Waals surface area (Å²) in [5, 5.41) is 27.9. The Labute approximate surface area is 389 Å². The fraction of sp³-hybridized carbons (Fsp3) is 0.380. The van der Waals surface area contributed by atoms with E-state index in [0.717, 1.165) is 39.2 Å². The molecule has 356 valence electrons. The van der Waals surface area contributed by atoms with E-state index >= 15 is 0 Å². The molecule has 0 radical (unpaired) electrons. The number of ether oxygens (including phenoxy) is 6. The van der Waals surface area contributed by atoms with Crippen LogP contribution in [0.1, 0.15) is 70.0 Å². The summed E-state index contributed by atoms with van der Waals surface area (Å²) >= 11 is 0. The lowest BCUT2D eigenvalue weighted by molar-refractivity contribution is -0.136. The van der Waals surface area contributed by atoms with E-state index in [1.807, 2.05) is 48.5 Å². The highest BCUT2D eigenvalue weighted by Crippen LogP contribution is 2.36. The van der Waals surface area contributed by atoms with Crippen molar-refractivity contribution in [3.63, 3.8) is 0 Å². The number of nitrogens with zero attached hydrogens (tertiary/aromatic N) is 1. The first kappa shape index (κ1) is 49.8. The first-order chi connectivity index (χ1) is 32.6. The normalized spacial score (nSPS) is 15.0. The number of phenolic OH excluding ortho intramolecular Hbond substituents is 2. The molecule has 17 nitrogen and oxygen atoms in total. The molecule has 2 heterocycles. The molecular weight excluding hydrogens is 865 g/mol. The van der Waals surface area contributed by atoms with Crippen molar-refractivity contribution < 1.29 is 62.6 Å². The van der Waals surface area contributed by atoms with E-state index in [0.29, 0.717) is 90.6 Å². The zero-order valence-electron chi connectivity index (χ0n) is 37.6. The van der Waals surface area contributed by atoms with Gasteiger partial charge in [0, 0.05) is 25.1 Å². The molecular formula is C50H58N4O13. The fourth-order valence-corrected chi connectivity index (χ4v) is 7.56. The molecule has 2 aliphatic rings. The maximum absolute atomic E-state index is 13.2. The molecule has 0 bridgehead atoms. The quantitative estimate of drug-likeness (QED) is 0.0289. The van der Waals surface area contributed by atoms with Crippen molar-refractivity contribution in [2.45, 2.75) is 38.6 Å². The number of imide groups is 2. The van der Waals surface area contributed by atoms with Gasteiger partial charge in [-0.25, -0.2) is 0 Å². The Morgan fingerprint density at radius 2 is 1.21 bits per heavy atom. The molecule has 1 fully saturated rings. The Bertz CT molecular complexity index is 2320. The number of rotatable bonds is 28.